The molecule has 0 aliphatic carbocycles. The summed E-state index contributed by atoms with van der Waals surface area (Å²) < 4.78 is 10.7. The van der Waals surface area contributed by atoms with Gasteiger partial charge in [-0.25, -0.2) is 0 Å². The summed E-state index contributed by atoms with van der Waals surface area (Å²) in [6, 6.07) is 5.45. The third-order valence-electron chi connectivity index (χ3n) is 4.69. The molecule has 0 saturated carbocycles. The number of hydrogen-bond acceptors (Lipinski definition) is 4. The zero-order valence-corrected chi connectivity index (χ0v) is 13.9. The lowest BCUT2D eigenvalue weighted by atomic mass is 9.86. The predicted molar refractivity (Wildman–Crippen MR) is 87.2 cm³/mol. The number of likely N-dealkylation sites (tertiary alicyclic amines) is 1. The van der Waals surface area contributed by atoms with E-state index in [2.05, 4.69) is 5.32 Å². The van der Waals surface area contributed by atoms with Gasteiger partial charge in [-0.15, -0.1) is 12.4 Å². The Kier molecular flexibility index (Phi) is 5.19. The van der Waals surface area contributed by atoms with Crippen molar-refractivity contribution in [3.8, 4) is 11.5 Å². The number of carbonyl (C=O) groups excluding carboxylic acids is 1. The number of methoxy groups -OCH3 is 2. The minimum Gasteiger partial charge on any atom is -0.493 e. The van der Waals surface area contributed by atoms with Crippen molar-refractivity contribution < 1.29 is 14.3 Å². The highest BCUT2D eigenvalue weighted by Gasteiger charge is 2.42. The second-order valence-electron chi connectivity index (χ2n) is 5.94. The molecule has 22 heavy (non-hydrogen) atoms. The molecule has 0 radical (unpaired) electrons. The maximum absolute atomic E-state index is 12.8. The minimum atomic E-state index is 0. The molecule has 1 amide bonds. The lowest BCUT2D eigenvalue weighted by molar-refractivity contribution is 0.0771. The number of halogens is 1. The van der Waals surface area contributed by atoms with Crippen molar-refractivity contribution in [3.05, 3.63) is 23.8 Å². The largest absolute Gasteiger partial charge is 0.493 e. The van der Waals surface area contributed by atoms with E-state index in [9.17, 15) is 4.79 Å². The SMILES string of the molecule is COc1cccc(C(=O)N2CCC3(CCNC3)C2)c1OC.Cl. The van der Waals surface area contributed by atoms with Crippen molar-refractivity contribution in [2.75, 3.05) is 40.4 Å². The first-order valence-corrected chi connectivity index (χ1v) is 7.40. The highest BCUT2D eigenvalue weighted by Crippen LogP contribution is 2.38. The zero-order valence-electron chi connectivity index (χ0n) is 13.1. The summed E-state index contributed by atoms with van der Waals surface area (Å²) in [4.78, 5) is 14.8. The van der Waals surface area contributed by atoms with Crippen LogP contribution in [0.4, 0.5) is 0 Å². The molecule has 2 saturated heterocycles. The van der Waals surface area contributed by atoms with Gasteiger partial charge < -0.3 is 19.7 Å². The highest BCUT2D eigenvalue weighted by atomic mass is 35.5. The molecule has 1 atom stereocenters. The number of para-hydroxylation sites is 1. The van der Waals surface area contributed by atoms with Gasteiger partial charge in [-0.1, -0.05) is 6.07 Å². The van der Waals surface area contributed by atoms with E-state index in [0.29, 0.717) is 17.1 Å². The molecular formula is C16H23ClN2O3. The Hall–Kier alpha value is -1.46. The van der Waals surface area contributed by atoms with Crippen molar-refractivity contribution in [1.82, 2.24) is 10.2 Å². The van der Waals surface area contributed by atoms with Crippen LogP contribution in [-0.4, -0.2) is 51.2 Å². The third kappa shape index (κ3) is 2.88. The van der Waals surface area contributed by atoms with Crippen molar-refractivity contribution in [2.45, 2.75) is 12.8 Å². The number of carbonyl (C=O) groups is 1. The molecule has 1 aromatic rings. The van der Waals surface area contributed by atoms with Gasteiger partial charge in [-0.3, -0.25) is 4.79 Å². The normalized spacial score (nSPS) is 23.5. The molecule has 1 N–H and O–H groups in total. The Bertz CT molecular complexity index is 544. The Morgan fingerprint density at radius 3 is 2.73 bits per heavy atom. The van der Waals surface area contributed by atoms with Crippen LogP contribution in [0, 0.1) is 5.41 Å². The first kappa shape index (κ1) is 16.9. The molecule has 1 aromatic carbocycles. The van der Waals surface area contributed by atoms with E-state index in [4.69, 9.17) is 9.47 Å². The Balaban J connectivity index is 0.00000176. The van der Waals surface area contributed by atoms with E-state index in [1.807, 2.05) is 23.1 Å². The fourth-order valence-electron chi connectivity index (χ4n) is 3.48. The summed E-state index contributed by atoms with van der Waals surface area (Å²) in [5, 5.41) is 3.41. The van der Waals surface area contributed by atoms with Gasteiger partial charge >= 0.3 is 0 Å². The second kappa shape index (κ2) is 6.75. The molecule has 0 aromatic heterocycles. The quantitative estimate of drug-likeness (QED) is 0.922. The predicted octanol–water partition coefficient (Wildman–Crippen LogP) is 1.95. The molecule has 2 fully saturated rings. The summed E-state index contributed by atoms with van der Waals surface area (Å²) in [7, 11) is 3.15. The van der Waals surface area contributed by atoms with Gasteiger partial charge in [0.25, 0.3) is 5.91 Å². The molecular weight excluding hydrogens is 304 g/mol. The number of hydrogen-bond donors (Lipinski definition) is 1. The van der Waals surface area contributed by atoms with Crippen LogP contribution in [-0.2, 0) is 0 Å². The average molecular weight is 327 g/mol. The molecule has 2 aliphatic heterocycles. The lowest BCUT2D eigenvalue weighted by Crippen LogP contribution is -2.33. The number of benzene rings is 1. The highest BCUT2D eigenvalue weighted by molar-refractivity contribution is 5.98. The molecule has 3 rings (SSSR count). The molecule has 2 aliphatic rings. The number of amides is 1. The van der Waals surface area contributed by atoms with E-state index < -0.39 is 0 Å². The fraction of sp³-hybridized carbons (Fsp3) is 0.562. The molecule has 6 heteroatoms. The van der Waals surface area contributed by atoms with Gasteiger partial charge in [0.15, 0.2) is 11.5 Å². The summed E-state index contributed by atoms with van der Waals surface area (Å²) in [6.07, 6.45) is 2.24. The van der Waals surface area contributed by atoms with Gasteiger partial charge in [0.05, 0.1) is 19.8 Å². The van der Waals surface area contributed by atoms with Gasteiger partial charge in [0.2, 0.25) is 0 Å². The topological polar surface area (TPSA) is 50.8 Å². The zero-order chi connectivity index (χ0) is 14.9. The van der Waals surface area contributed by atoms with Crippen molar-refractivity contribution in [2.24, 2.45) is 5.41 Å². The average Bonchev–Trinajstić information content (AvgIpc) is 3.16. The van der Waals surface area contributed by atoms with Crippen molar-refractivity contribution >= 4 is 18.3 Å². The minimum absolute atomic E-state index is 0. The first-order valence-electron chi connectivity index (χ1n) is 7.40. The Labute approximate surface area is 137 Å². The number of nitrogens with one attached hydrogen (secondary N) is 1. The van der Waals surface area contributed by atoms with E-state index in [1.165, 1.54) is 0 Å². The van der Waals surface area contributed by atoms with Crippen LogP contribution < -0.4 is 14.8 Å². The van der Waals surface area contributed by atoms with Gasteiger partial charge in [-0.05, 0) is 31.5 Å². The Morgan fingerprint density at radius 2 is 2.09 bits per heavy atom. The number of rotatable bonds is 3. The summed E-state index contributed by atoms with van der Waals surface area (Å²) in [6.45, 7) is 3.73. The van der Waals surface area contributed by atoms with Crippen LogP contribution in [0.25, 0.3) is 0 Å². The van der Waals surface area contributed by atoms with Crippen LogP contribution in [0.3, 0.4) is 0 Å². The lowest BCUT2D eigenvalue weighted by Gasteiger charge is -2.23. The van der Waals surface area contributed by atoms with Crippen LogP contribution in [0.2, 0.25) is 0 Å². The van der Waals surface area contributed by atoms with E-state index in [1.54, 1.807) is 14.2 Å². The van der Waals surface area contributed by atoms with Crippen molar-refractivity contribution in [3.63, 3.8) is 0 Å². The van der Waals surface area contributed by atoms with Crippen molar-refractivity contribution in [1.29, 1.82) is 0 Å². The first-order chi connectivity index (χ1) is 10.2. The summed E-state index contributed by atoms with van der Waals surface area (Å²) >= 11 is 0. The second-order valence-corrected chi connectivity index (χ2v) is 5.94. The fourth-order valence-corrected chi connectivity index (χ4v) is 3.48. The number of ether oxygens (including phenoxy) is 2. The monoisotopic (exact) mass is 326 g/mol. The molecule has 1 spiro atoms. The smallest absolute Gasteiger partial charge is 0.257 e. The molecule has 122 valence electrons. The summed E-state index contributed by atoms with van der Waals surface area (Å²) in [5.74, 6) is 1.16. The maximum atomic E-state index is 12.8. The standard InChI is InChI=1S/C16H22N2O3.ClH/c1-20-13-5-3-4-12(14(13)21-2)15(19)18-9-7-16(11-18)6-8-17-10-16;/h3-5,17H,6-11H2,1-2H3;1H. The molecule has 0 bridgehead atoms. The molecule has 2 heterocycles. The summed E-state index contributed by atoms with van der Waals surface area (Å²) in [5.41, 5.74) is 0.863. The van der Waals surface area contributed by atoms with E-state index >= 15 is 0 Å². The molecule has 5 nitrogen and oxygen atoms in total. The van der Waals surface area contributed by atoms with Crippen LogP contribution in [0.5, 0.6) is 11.5 Å². The molecule has 1 unspecified atom stereocenters. The number of nitrogens with zero attached hydrogens (tertiary/aromatic N) is 1. The van der Waals surface area contributed by atoms with E-state index in [-0.39, 0.29) is 23.7 Å². The van der Waals surface area contributed by atoms with Crippen LogP contribution in [0.1, 0.15) is 23.2 Å². The van der Waals surface area contributed by atoms with Gasteiger partial charge in [0, 0.05) is 25.0 Å². The van der Waals surface area contributed by atoms with Crippen LogP contribution >= 0.6 is 12.4 Å². The van der Waals surface area contributed by atoms with Gasteiger partial charge in [0.1, 0.15) is 0 Å². The Morgan fingerprint density at radius 1 is 1.27 bits per heavy atom. The van der Waals surface area contributed by atoms with E-state index in [0.717, 1.165) is 39.0 Å². The van der Waals surface area contributed by atoms with Crippen LogP contribution in [0.15, 0.2) is 18.2 Å². The third-order valence-corrected chi connectivity index (χ3v) is 4.69. The van der Waals surface area contributed by atoms with Gasteiger partial charge in [-0.2, -0.15) is 0 Å². The maximum Gasteiger partial charge on any atom is 0.257 e.